The zero-order chi connectivity index (χ0) is 9.80. The van der Waals surface area contributed by atoms with Crippen LogP contribution in [0.15, 0.2) is 30.3 Å². The minimum atomic E-state index is 0. The van der Waals surface area contributed by atoms with Crippen LogP contribution in [0.4, 0.5) is 0 Å². The van der Waals surface area contributed by atoms with Gasteiger partial charge in [0.25, 0.3) is 5.91 Å². The molecule has 1 aliphatic heterocycles. The molecule has 0 bridgehead atoms. The summed E-state index contributed by atoms with van der Waals surface area (Å²) in [5, 5.41) is 3.23. The van der Waals surface area contributed by atoms with Gasteiger partial charge < -0.3 is 10.2 Å². The van der Waals surface area contributed by atoms with Crippen LogP contribution in [0.1, 0.15) is 10.4 Å². The first-order valence-corrected chi connectivity index (χ1v) is 4.93. The van der Waals surface area contributed by atoms with Crippen LogP contribution in [0.2, 0.25) is 0 Å². The molecular formula is C11H14KN2O. The van der Waals surface area contributed by atoms with Crippen molar-refractivity contribution < 1.29 is 4.79 Å². The van der Waals surface area contributed by atoms with Gasteiger partial charge in [0.1, 0.15) is 0 Å². The summed E-state index contributed by atoms with van der Waals surface area (Å²) < 4.78 is 0. The van der Waals surface area contributed by atoms with Crippen LogP contribution >= 0.6 is 0 Å². The van der Waals surface area contributed by atoms with Gasteiger partial charge in [-0.05, 0) is 12.1 Å². The molecule has 0 atom stereocenters. The van der Waals surface area contributed by atoms with Crippen LogP contribution in [0.5, 0.6) is 0 Å². The molecular weight excluding hydrogens is 215 g/mol. The molecule has 1 amide bonds. The van der Waals surface area contributed by atoms with Gasteiger partial charge in [-0.2, -0.15) is 0 Å². The third kappa shape index (κ3) is 3.66. The van der Waals surface area contributed by atoms with Crippen LogP contribution < -0.4 is 5.32 Å². The van der Waals surface area contributed by atoms with Gasteiger partial charge in [0.05, 0.1) is 0 Å². The molecule has 0 saturated carbocycles. The molecule has 1 saturated heterocycles. The molecule has 0 aromatic heterocycles. The Hall–Kier alpha value is 0.286. The Morgan fingerprint density at radius 2 is 1.73 bits per heavy atom. The van der Waals surface area contributed by atoms with Gasteiger partial charge in [-0.15, -0.1) is 0 Å². The first-order valence-electron chi connectivity index (χ1n) is 4.93. The van der Waals surface area contributed by atoms with Gasteiger partial charge >= 0.3 is 0 Å². The zero-order valence-corrected chi connectivity index (χ0v) is 12.2. The summed E-state index contributed by atoms with van der Waals surface area (Å²) in [5.74, 6) is 0.145. The minimum Gasteiger partial charge on any atom is -0.336 e. The summed E-state index contributed by atoms with van der Waals surface area (Å²) in [5.41, 5.74) is 0.786. The van der Waals surface area contributed by atoms with Crippen molar-refractivity contribution in [3.8, 4) is 0 Å². The Bertz CT molecular complexity index is 310. The number of piperazine rings is 1. The number of benzene rings is 1. The number of nitrogens with zero attached hydrogens (tertiary/aromatic N) is 1. The maximum absolute atomic E-state index is 11.9. The third-order valence-electron chi connectivity index (χ3n) is 2.42. The predicted octanol–water partition coefficient (Wildman–Crippen LogP) is 0.351. The van der Waals surface area contributed by atoms with E-state index in [1.807, 2.05) is 35.2 Å². The minimum absolute atomic E-state index is 0. The summed E-state index contributed by atoms with van der Waals surface area (Å²) in [6, 6.07) is 9.45. The van der Waals surface area contributed by atoms with Crippen molar-refractivity contribution in [2.45, 2.75) is 0 Å². The topological polar surface area (TPSA) is 32.3 Å². The van der Waals surface area contributed by atoms with Gasteiger partial charge in [-0.25, -0.2) is 0 Å². The number of carbonyl (C=O) groups excluding carboxylic acids is 1. The summed E-state index contributed by atoms with van der Waals surface area (Å²) in [7, 11) is 0. The Balaban J connectivity index is 0.00000112. The van der Waals surface area contributed by atoms with Crippen LogP contribution in [-0.4, -0.2) is 88.4 Å². The molecule has 4 heteroatoms. The first-order chi connectivity index (χ1) is 6.88. The van der Waals surface area contributed by atoms with Gasteiger partial charge in [-0.3, -0.25) is 4.79 Å². The van der Waals surface area contributed by atoms with E-state index in [1.165, 1.54) is 0 Å². The van der Waals surface area contributed by atoms with Crippen molar-refractivity contribution in [2.24, 2.45) is 0 Å². The maximum atomic E-state index is 11.9. The predicted molar refractivity (Wildman–Crippen MR) is 61.0 cm³/mol. The van der Waals surface area contributed by atoms with E-state index >= 15 is 0 Å². The molecule has 15 heavy (non-hydrogen) atoms. The number of nitrogens with one attached hydrogen (secondary N) is 1. The Kier molecular flexibility index (Phi) is 6.04. The zero-order valence-electron chi connectivity index (χ0n) is 9.07. The molecule has 0 spiro atoms. The van der Waals surface area contributed by atoms with Crippen molar-refractivity contribution in [2.75, 3.05) is 26.2 Å². The number of hydrogen-bond donors (Lipinski definition) is 1. The van der Waals surface area contributed by atoms with Crippen molar-refractivity contribution >= 4 is 57.3 Å². The van der Waals surface area contributed by atoms with Gasteiger partial charge in [0, 0.05) is 83.1 Å². The van der Waals surface area contributed by atoms with Gasteiger partial charge in [-0.1, -0.05) is 18.2 Å². The van der Waals surface area contributed by atoms with Crippen molar-refractivity contribution in [3.05, 3.63) is 35.9 Å². The second-order valence-electron chi connectivity index (χ2n) is 3.41. The van der Waals surface area contributed by atoms with E-state index < -0.39 is 0 Å². The standard InChI is InChI=1S/C11H14N2O.K/c14-11(10-4-2-1-3-5-10)13-8-6-12-7-9-13;/h1-5,12H,6-9H2;. The summed E-state index contributed by atoms with van der Waals surface area (Å²) >= 11 is 0. The largest absolute Gasteiger partial charge is 0.336 e. The van der Waals surface area contributed by atoms with E-state index in [4.69, 9.17) is 0 Å². The van der Waals surface area contributed by atoms with E-state index in [9.17, 15) is 4.79 Å². The first kappa shape index (κ1) is 13.4. The van der Waals surface area contributed by atoms with E-state index in [1.54, 1.807) is 0 Å². The van der Waals surface area contributed by atoms with Crippen LogP contribution in [0.3, 0.4) is 0 Å². The number of hydrogen-bond acceptors (Lipinski definition) is 2. The average Bonchev–Trinajstić information content (AvgIpc) is 2.30. The molecule has 1 heterocycles. The molecule has 0 aliphatic carbocycles. The summed E-state index contributed by atoms with van der Waals surface area (Å²) in [4.78, 5) is 13.8. The Morgan fingerprint density at radius 3 is 2.33 bits per heavy atom. The molecule has 1 aromatic carbocycles. The average molecular weight is 229 g/mol. The fourth-order valence-electron chi connectivity index (χ4n) is 1.63. The van der Waals surface area contributed by atoms with E-state index in [2.05, 4.69) is 5.32 Å². The molecule has 1 radical (unpaired) electrons. The van der Waals surface area contributed by atoms with Crippen LogP contribution in [-0.2, 0) is 0 Å². The SMILES string of the molecule is O=C(c1ccccc1)N1CCNCC1.[K]. The van der Waals surface area contributed by atoms with Crippen molar-refractivity contribution in [1.29, 1.82) is 0 Å². The van der Waals surface area contributed by atoms with Crippen LogP contribution in [0, 0.1) is 0 Å². The number of amides is 1. The number of rotatable bonds is 1. The third-order valence-corrected chi connectivity index (χ3v) is 2.42. The Morgan fingerprint density at radius 1 is 1.13 bits per heavy atom. The fourth-order valence-corrected chi connectivity index (χ4v) is 1.63. The van der Waals surface area contributed by atoms with E-state index in [-0.39, 0.29) is 57.3 Å². The summed E-state index contributed by atoms with van der Waals surface area (Å²) in [6.07, 6.45) is 0. The van der Waals surface area contributed by atoms with Gasteiger partial charge in [0.2, 0.25) is 0 Å². The van der Waals surface area contributed by atoms with Crippen LogP contribution in [0.25, 0.3) is 0 Å². The molecule has 1 N–H and O–H groups in total. The molecule has 1 aromatic rings. The van der Waals surface area contributed by atoms with Crippen molar-refractivity contribution in [1.82, 2.24) is 10.2 Å². The molecule has 1 aliphatic rings. The van der Waals surface area contributed by atoms with E-state index in [0.717, 1.165) is 31.7 Å². The normalized spacial score (nSPS) is 15.6. The molecule has 2 rings (SSSR count). The fraction of sp³-hybridized carbons (Fsp3) is 0.364. The quantitative estimate of drug-likeness (QED) is 0.705. The molecule has 3 nitrogen and oxygen atoms in total. The summed E-state index contributed by atoms with van der Waals surface area (Å²) in [6.45, 7) is 3.43. The second-order valence-corrected chi connectivity index (χ2v) is 3.41. The smallest absolute Gasteiger partial charge is 0.253 e. The van der Waals surface area contributed by atoms with E-state index in [0.29, 0.717) is 0 Å². The molecule has 75 valence electrons. The molecule has 0 unspecified atom stereocenters. The monoisotopic (exact) mass is 229 g/mol. The molecule has 1 fully saturated rings. The van der Waals surface area contributed by atoms with Gasteiger partial charge in [0.15, 0.2) is 0 Å². The second kappa shape index (κ2) is 6.78. The number of carbonyl (C=O) groups is 1. The van der Waals surface area contributed by atoms with Crippen molar-refractivity contribution in [3.63, 3.8) is 0 Å². The Labute approximate surface area is 133 Å². The maximum Gasteiger partial charge on any atom is 0.253 e.